The summed E-state index contributed by atoms with van der Waals surface area (Å²) in [6.45, 7) is 0. The summed E-state index contributed by atoms with van der Waals surface area (Å²) < 4.78 is 0. The van der Waals surface area contributed by atoms with Crippen molar-refractivity contribution in [1.29, 1.82) is 5.41 Å². The molecule has 1 unspecified atom stereocenters. The van der Waals surface area contributed by atoms with Crippen molar-refractivity contribution < 1.29 is 5.11 Å². The van der Waals surface area contributed by atoms with Gasteiger partial charge in [0.1, 0.15) is 0 Å². The second-order valence-electron chi connectivity index (χ2n) is 2.29. The van der Waals surface area contributed by atoms with Gasteiger partial charge in [-0.05, 0) is 19.3 Å². The van der Waals surface area contributed by atoms with Crippen LogP contribution in [-0.4, -0.2) is 16.9 Å². The predicted octanol–water partition coefficient (Wildman–Crippen LogP) is 0.941. The van der Waals surface area contributed by atoms with Gasteiger partial charge < -0.3 is 10.5 Å². The lowest BCUT2D eigenvalue weighted by Crippen LogP contribution is -2.22. The second-order valence-corrected chi connectivity index (χ2v) is 2.29. The van der Waals surface area contributed by atoms with Crippen molar-refractivity contribution in [2.24, 2.45) is 0 Å². The van der Waals surface area contributed by atoms with Crippen LogP contribution in [-0.2, 0) is 0 Å². The second kappa shape index (κ2) is 2.27. The highest BCUT2D eigenvalue weighted by atomic mass is 16.3. The molecule has 1 aliphatic carbocycles. The van der Waals surface area contributed by atoms with Gasteiger partial charge in [0.2, 0.25) is 0 Å². The van der Waals surface area contributed by atoms with E-state index in [1.807, 2.05) is 0 Å². The van der Waals surface area contributed by atoms with Crippen molar-refractivity contribution in [2.45, 2.75) is 31.8 Å². The normalized spacial score (nSPS) is 30.6. The molecule has 0 radical (unpaired) electrons. The molecule has 0 heterocycles. The van der Waals surface area contributed by atoms with E-state index >= 15 is 0 Å². The smallest absolute Gasteiger partial charge is 0.0913 e. The zero-order valence-electron chi connectivity index (χ0n) is 4.85. The molecule has 1 fully saturated rings. The first-order chi connectivity index (χ1) is 3.80. The van der Waals surface area contributed by atoms with Gasteiger partial charge in [0.25, 0.3) is 0 Å². The minimum atomic E-state index is -0.413. The van der Waals surface area contributed by atoms with Crippen LogP contribution in [0.2, 0.25) is 0 Å². The average molecular weight is 113 g/mol. The molecular weight excluding hydrogens is 102 g/mol. The Labute approximate surface area is 49.0 Å². The molecule has 0 amide bonds. The van der Waals surface area contributed by atoms with Gasteiger partial charge in [-0.1, -0.05) is 6.42 Å². The van der Waals surface area contributed by atoms with Crippen LogP contribution in [0.5, 0.6) is 0 Å². The van der Waals surface area contributed by atoms with Crippen molar-refractivity contribution in [3.05, 3.63) is 0 Å². The van der Waals surface area contributed by atoms with E-state index in [1.165, 1.54) is 0 Å². The number of nitrogens with one attached hydrogen (secondary N) is 1. The third-order valence-electron chi connectivity index (χ3n) is 1.58. The van der Waals surface area contributed by atoms with Gasteiger partial charge in [0, 0.05) is 5.71 Å². The average Bonchev–Trinajstić information content (AvgIpc) is 1.77. The number of aliphatic hydroxyl groups excluding tert-OH is 1. The minimum absolute atomic E-state index is 0.413. The lowest BCUT2D eigenvalue weighted by Gasteiger charge is -2.16. The maximum Gasteiger partial charge on any atom is 0.0913 e. The number of hydrogen-bond acceptors (Lipinski definition) is 2. The van der Waals surface area contributed by atoms with Crippen LogP contribution in [0.3, 0.4) is 0 Å². The van der Waals surface area contributed by atoms with E-state index in [0.717, 1.165) is 25.7 Å². The molecule has 0 aliphatic heterocycles. The van der Waals surface area contributed by atoms with E-state index in [1.54, 1.807) is 0 Å². The van der Waals surface area contributed by atoms with Crippen molar-refractivity contribution in [2.75, 3.05) is 0 Å². The van der Waals surface area contributed by atoms with Gasteiger partial charge in [-0.25, -0.2) is 0 Å². The van der Waals surface area contributed by atoms with E-state index in [0.29, 0.717) is 5.71 Å². The van der Waals surface area contributed by atoms with E-state index in [2.05, 4.69) is 0 Å². The summed E-state index contributed by atoms with van der Waals surface area (Å²) in [5.41, 5.74) is 0.524. The molecule has 1 rings (SSSR count). The SMILES string of the molecule is N=C1CCCCC1O. The number of rotatable bonds is 0. The summed E-state index contributed by atoms with van der Waals surface area (Å²) in [5, 5.41) is 16.1. The predicted molar refractivity (Wildman–Crippen MR) is 32.2 cm³/mol. The molecule has 1 atom stereocenters. The van der Waals surface area contributed by atoms with Crippen LogP contribution in [0.1, 0.15) is 25.7 Å². The van der Waals surface area contributed by atoms with Crippen LogP contribution in [0.4, 0.5) is 0 Å². The third-order valence-corrected chi connectivity index (χ3v) is 1.58. The number of aliphatic hydroxyl groups is 1. The Balaban J connectivity index is 2.39. The van der Waals surface area contributed by atoms with Crippen molar-refractivity contribution in [3.63, 3.8) is 0 Å². The summed E-state index contributed by atoms with van der Waals surface area (Å²) in [5.74, 6) is 0. The summed E-state index contributed by atoms with van der Waals surface area (Å²) >= 11 is 0. The molecule has 46 valence electrons. The fraction of sp³-hybridized carbons (Fsp3) is 0.833. The van der Waals surface area contributed by atoms with E-state index in [-0.39, 0.29) is 0 Å². The third kappa shape index (κ3) is 1.07. The quantitative estimate of drug-likeness (QED) is 0.482. The zero-order chi connectivity index (χ0) is 5.98. The largest absolute Gasteiger partial charge is 0.387 e. The van der Waals surface area contributed by atoms with Crippen LogP contribution in [0.25, 0.3) is 0 Å². The first kappa shape index (κ1) is 5.76. The van der Waals surface area contributed by atoms with Crippen molar-refractivity contribution in [3.8, 4) is 0 Å². The first-order valence-electron chi connectivity index (χ1n) is 3.06. The fourth-order valence-electron chi connectivity index (χ4n) is 0.994. The van der Waals surface area contributed by atoms with Gasteiger partial charge >= 0.3 is 0 Å². The Morgan fingerprint density at radius 3 is 2.62 bits per heavy atom. The Morgan fingerprint density at radius 2 is 2.25 bits per heavy atom. The molecule has 8 heavy (non-hydrogen) atoms. The highest BCUT2D eigenvalue weighted by Gasteiger charge is 2.14. The standard InChI is InChI=1S/C6H11NO/c7-5-3-1-2-4-6(5)8/h6-8H,1-4H2. The van der Waals surface area contributed by atoms with Crippen LogP contribution < -0.4 is 0 Å². The first-order valence-corrected chi connectivity index (χ1v) is 3.06. The van der Waals surface area contributed by atoms with Crippen LogP contribution in [0, 0.1) is 5.41 Å². The van der Waals surface area contributed by atoms with E-state index < -0.39 is 6.10 Å². The Morgan fingerprint density at radius 1 is 1.50 bits per heavy atom. The van der Waals surface area contributed by atoms with Crippen molar-refractivity contribution in [1.82, 2.24) is 0 Å². The topological polar surface area (TPSA) is 44.1 Å². The Hall–Kier alpha value is -0.370. The van der Waals surface area contributed by atoms with Gasteiger partial charge in [-0.2, -0.15) is 0 Å². The van der Waals surface area contributed by atoms with Gasteiger partial charge in [0.15, 0.2) is 0 Å². The molecule has 0 saturated heterocycles. The van der Waals surface area contributed by atoms with E-state index in [9.17, 15) is 0 Å². The number of hydrogen-bond donors (Lipinski definition) is 2. The lowest BCUT2D eigenvalue weighted by atomic mass is 9.96. The molecule has 0 spiro atoms. The highest BCUT2D eigenvalue weighted by molar-refractivity contribution is 5.86. The molecule has 2 N–H and O–H groups in total. The fourth-order valence-corrected chi connectivity index (χ4v) is 0.994. The lowest BCUT2D eigenvalue weighted by molar-refractivity contribution is 0.214. The van der Waals surface area contributed by atoms with Crippen LogP contribution >= 0.6 is 0 Å². The monoisotopic (exact) mass is 113 g/mol. The molecule has 2 nitrogen and oxygen atoms in total. The maximum atomic E-state index is 8.95. The zero-order valence-corrected chi connectivity index (χ0v) is 4.85. The molecule has 0 bridgehead atoms. The van der Waals surface area contributed by atoms with Crippen molar-refractivity contribution >= 4 is 5.71 Å². The summed E-state index contributed by atoms with van der Waals surface area (Å²) in [6, 6.07) is 0. The summed E-state index contributed by atoms with van der Waals surface area (Å²) in [6.07, 6.45) is 3.38. The maximum absolute atomic E-state index is 8.95. The molecule has 1 aliphatic rings. The van der Waals surface area contributed by atoms with E-state index in [4.69, 9.17) is 10.5 Å². The summed E-state index contributed by atoms with van der Waals surface area (Å²) in [4.78, 5) is 0. The molecule has 1 saturated carbocycles. The Kier molecular flexibility index (Phi) is 1.63. The summed E-state index contributed by atoms with van der Waals surface area (Å²) in [7, 11) is 0. The van der Waals surface area contributed by atoms with Crippen LogP contribution in [0.15, 0.2) is 0 Å². The molecule has 0 aromatic rings. The highest BCUT2D eigenvalue weighted by Crippen LogP contribution is 2.13. The van der Waals surface area contributed by atoms with Gasteiger partial charge in [0.05, 0.1) is 6.10 Å². The van der Waals surface area contributed by atoms with Gasteiger partial charge in [-0.3, -0.25) is 0 Å². The van der Waals surface area contributed by atoms with Gasteiger partial charge in [-0.15, -0.1) is 0 Å². The molecule has 0 aromatic heterocycles. The molecule has 2 heteroatoms. The minimum Gasteiger partial charge on any atom is -0.387 e. The molecular formula is C6H11NO. The Bertz CT molecular complexity index is 101. The molecule has 0 aromatic carbocycles.